The Balaban J connectivity index is 0.00000180. The van der Waals surface area contributed by atoms with Gasteiger partial charge in [0.2, 0.25) is 0 Å². The minimum Gasteiger partial charge on any atom is -0.338 e. The Labute approximate surface area is 125 Å². The lowest BCUT2D eigenvalue weighted by Gasteiger charge is -2.31. The van der Waals surface area contributed by atoms with Crippen LogP contribution in [0.1, 0.15) is 39.9 Å². The van der Waals surface area contributed by atoms with Crippen LogP contribution in [0.5, 0.6) is 0 Å². The molecule has 0 spiro atoms. The Bertz CT molecular complexity index is 425. The number of thiophene rings is 1. The van der Waals surface area contributed by atoms with Gasteiger partial charge in [0.05, 0.1) is 4.88 Å². The third-order valence-electron chi connectivity index (χ3n) is 3.74. The molecule has 2 rings (SSSR count). The minimum absolute atomic E-state index is 0. The van der Waals surface area contributed by atoms with Gasteiger partial charge in [-0.1, -0.05) is 6.92 Å². The summed E-state index contributed by atoms with van der Waals surface area (Å²) in [5.74, 6) is 0.220. The highest BCUT2D eigenvalue weighted by atomic mass is 35.5. The van der Waals surface area contributed by atoms with Crippen LogP contribution in [0.25, 0.3) is 0 Å². The van der Waals surface area contributed by atoms with E-state index < -0.39 is 0 Å². The number of likely N-dealkylation sites (tertiary alicyclic amines) is 1. The van der Waals surface area contributed by atoms with Gasteiger partial charge in [-0.25, -0.2) is 0 Å². The molecule has 1 aromatic rings. The number of carbonyl (C=O) groups is 1. The first-order valence-corrected chi connectivity index (χ1v) is 7.53. The van der Waals surface area contributed by atoms with E-state index >= 15 is 0 Å². The summed E-state index contributed by atoms with van der Waals surface area (Å²) in [4.78, 5) is 16.6. The molecule has 1 fully saturated rings. The molecule has 1 amide bonds. The molecule has 3 nitrogen and oxygen atoms in total. The van der Waals surface area contributed by atoms with Crippen molar-refractivity contribution < 1.29 is 4.79 Å². The molecule has 0 aliphatic carbocycles. The predicted molar refractivity (Wildman–Crippen MR) is 83.7 cm³/mol. The van der Waals surface area contributed by atoms with Crippen molar-refractivity contribution >= 4 is 29.7 Å². The molecule has 1 N–H and O–H groups in total. The molecule has 0 aromatic carbocycles. The summed E-state index contributed by atoms with van der Waals surface area (Å²) in [6.45, 7) is 6.00. The number of amides is 1. The van der Waals surface area contributed by atoms with Crippen molar-refractivity contribution in [3.05, 3.63) is 21.4 Å². The number of nitrogens with zero attached hydrogens (tertiary/aromatic N) is 1. The number of carbonyl (C=O) groups excluding carboxylic acids is 1. The molecule has 1 saturated heterocycles. The quantitative estimate of drug-likeness (QED) is 0.931. The smallest absolute Gasteiger partial charge is 0.263 e. The van der Waals surface area contributed by atoms with E-state index in [1.165, 1.54) is 10.4 Å². The van der Waals surface area contributed by atoms with E-state index in [4.69, 9.17) is 0 Å². The topological polar surface area (TPSA) is 32.3 Å². The molecule has 0 radical (unpaired) electrons. The van der Waals surface area contributed by atoms with Crippen molar-refractivity contribution in [1.29, 1.82) is 0 Å². The normalized spacial score (nSPS) is 16.3. The fraction of sp³-hybridized carbons (Fsp3) is 0.643. The second kappa shape index (κ2) is 7.27. The van der Waals surface area contributed by atoms with Crippen LogP contribution in [-0.2, 0) is 6.42 Å². The summed E-state index contributed by atoms with van der Waals surface area (Å²) in [6.07, 6.45) is 3.14. The van der Waals surface area contributed by atoms with E-state index in [1.807, 2.05) is 11.9 Å². The van der Waals surface area contributed by atoms with Gasteiger partial charge in [0.15, 0.2) is 0 Å². The number of nitrogens with one attached hydrogen (secondary N) is 1. The van der Waals surface area contributed by atoms with E-state index in [9.17, 15) is 4.79 Å². The van der Waals surface area contributed by atoms with Gasteiger partial charge < -0.3 is 10.2 Å². The fourth-order valence-corrected chi connectivity index (χ4v) is 3.59. The standard InChI is InChI=1S/C14H22N2OS.ClH/c1-4-12-10(2)9-13(18-12)14(17)16-7-5-11(15-3)6-8-16;/h9,11,15H,4-8H2,1-3H3;1H. The second-order valence-electron chi connectivity index (χ2n) is 4.93. The van der Waals surface area contributed by atoms with E-state index in [2.05, 4.69) is 25.2 Å². The number of piperidine rings is 1. The monoisotopic (exact) mass is 302 g/mol. The summed E-state index contributed by atoms with van der Waals surface area (Å²) in [5, 5.41) is 3.29. The average molecular weight is 303 g/mol. The van der Waals surface area contributed by atoms with E-state index in [0.29, 0.717) is 6.04 Å². The van der Waals surface area contributed by atoms with Crippen LogP contribution in [-0.4, -0.2) is 37.0 Å². The number of rotatable bonds is 3. The van der Waals surface area contributed by atoms with Crippen LogP contribution in [0.15, 0.2) is 6.07 Å². The lowest BCUT2D eigenvalue weighted by atomic mass is 10.1. The molecule has 19 heavy (non-hydrogen) atoms. The fourth-order valence-electron chi connectivity index (χ4n) is 2.50. The maximum atomic E-state index is 12.4. The van der Waals surface area contributed by atoms with Crippen molar-refractivity contribution in [3.63, 3.8) is 0 Å². The Hall–Kier alpha value is -0.580. The van der Waals surface area contributed by atoms with Crippen LogP contribution in [0.4, 0.5) is 0 Å². The van der Waals surface area contributed by atoms with E-state index in [1.54, 1.807) is 11.3 Å². The van der Waals surface area contributed by atoms with Crippen molar-refractivity contribution in [1.82, 2.24) is 10.2 Å². The lowest BCUT2D eigenvalue weighted by Crippen LogP contribution is -2.43. The average Bonchev–Trinajstić information content (AvgIpc) is 2.79. The minimum atomic E-state index is 0. The zero-order valence-corrected chi connectivity index (χ0v) is 13.5. The Kier molecular flexibility index (Phi) is 6.30. The number of halogens is 1. The largest absolute Gasteiger partial charge is 0.338 e. The highest BCUT2D eigenvalue weighted by Gasteiger charge is 2.24. The SMILES string of the molecule is CCc1sc(C(=O)N2CCC(NC)CC2)cc1C.Cl. The van der Waals surface area contributed by atoms with Crippen LogP contribution in [0, 0.1) is 6.92 Å². The van der Waals surface area contributed by atoms with E-state index in [-0.39, 0.29) is 18.3 Å². The van der Waals surface area contributed by atoms with Crippen molar-refractivity contribution in [3.8, 4) is 0 Å². The first-order valence-electron chi connectivity index (χ1n) is 6.71. The number of aryl methyl sites for hydroxylation is 2. The van der Waals surface area contributed by atoms with Crippen LogP contribution >= 0.6 is 23.7 Å². The predicted octanol–water partition coefficient (Wildman–Crippen LogP) is 2.86. The van der Waals surface area contributed by atoms with Crippen molar-refractivity contribution in [2.45, 2.75) is 39.2 Å². The lowest BCUT2D eigenvalue weighted by molar-refractivity contribution is 0.0712. The molecule has 0 atom stereocenters. The van der Waals surface area contributed by atoms with Gasteiger partial charge in [0, 0.05) is 24.0 Å². The summed E-state index contributed by atoms with van der Waals surface area (Å²) in [7, 11) is 2.00. The van der Waals surface area contributed by atoms with Crippen LogP contribution in [0.3, 0.4) is 0 Å². The summed E-state index contributed by atoms with van der Waals surface area (Å²) >= 11 is 1.66. The summed E-state index contributed by atoms with van der Waals surface area (Å²) in [5.41, 5.74) is 1.26. The number of hydrogen-bond acceptors (Lipinski definition) is 3. The van der Waals surface area contributed by atoms with Gasteiger partial charge >= 0.3 is 0 Å². The highest BCUT2D eigenvalue weighted by molar-refractivity contribution is 7.14. The van der Waals surface area contributed by atoms with Gasteiger partial charge in [0.1, 0.15) is 0 Å². The first kappa shape index (κ1) is 16.5. The maximum absolute atomic E-state index is 12.4. The Morgan fingerprint density at radius 1 is 1.47 bits per heavy atom. The van der Waals surface area contributed by atoms with Gasteiger partial charge in [-0.05, 0) is 44.9 Å². The first-order chi connectivity index (χ1) is 8.65. The van der Waals surface area contributed by atoms with Crippen molar-refractivity contribution in [2.24, 2.45) is 0 Å². The molecule has 0 saturated carbocycles. The summed E-state index contributed by atoms with van der Waals surface area (Å²) < 4.78 is 0. The summed E-state index contributed by atoms with van der Waals surface area (Å²) in [6, 6.07) is 2.63. The van der Waals surface area contributed by atoms with Crippen LogP contribution in [0.2, 0.25) is 0 Å². The molecule has 5 heteroatoms. The Morgan fingerprint density at radius 3 is 2.58 bits per heavy atom. The van der Waals surface area contributed by atoms with E-state index in [0.717, 1.165) is 37.2 Å². The zero-order chi connectivity index (χ0) is 13.1. The maximum Gasteiger partial charge on any atom is 0.263 e. The third-order valence-corrected chi connectivity index (χ3v) is 5.11. The van der Waals surface area contributed by atoms with Gasteiger partial charge in [-0.2, -0.15) is 0 Å². The van der Waals surface area contributed by atoms with Crippen LogP contribution < -0.4 is 5.32 Å². The van der Waals surface area contributed by atoms with Gasteiger partial charge in [0.25, 0.3) is 5.91 Å². The zero-order valence-electron chi connectivity index (χ0n) is 11.9. The molecule has 108 valence electrons. The molecule has 0 bridgehead atoms. The Morgan fingerprint density at radius 2 is 2.11 bits per heavy atom. The molecular formula is C14H23ClN2OS. The molecule has 1 aliphatic rings. The highest BCUT2D eigenvalue weighted by Crippen LogP contribution is 2.24. The third kappa shape index (κ3) is 3.71. The molecule has 0 unspecified atom stereocenters. The molecule has 1 aromatic heterocycles. The van der Waals surface area contributed by atoms with Crippen molar-refractivity contribution in [2.75, 3.05) is 20.1 Å². The number of hydrogen-bond donors (Lipinski definition) is 1. The van der Waals surface area contributed by atoms with Gasteiger partial charge in [-0.3, -0.25) is 4.79 Å². The van der Waals surface area contributed by atoms with Gasteiger partial charge in [-0.15, -0.1) is 23.7 Å². The molecule has 2 heterocycles. The molecule has 1 aliphatic heterocycles. The molecular weight excluding hydrogens is 280 g/mol. The second-order valence-corrected chi connectivity index (χ2v) is 6.06.